The predicted molar refractivity (Wildman–Crippen MR) is 78.1 cm³/mol. The van der Waals surface area contributed by atoms with Gasteiger partial charge >= 0.3 is 0 Å². The molecule has 2 atom stereocenters. The van der Waals surface area contributed by atoms with Gasteiger partial charge in [0.05, 0.1) is 0 Å². The molecular weight excluding hydrogens is 252 g/mol. The highest BCUT2D eigenvalue weighted by molar-refractivity contribution is 5.79. The standard InChI is InChI=1S/C15H20N4O/c1-12(7-8-13-5-3-2-4-6-13)19-11-14(9-15(19)20)10-17-18-16/h2-6,12,14H,7-11H2,1H3. The van der Waals surface area contributed by atoms with E-state index in [-0.39, 0.29) is 17.9 Å². The van der Waals surface area contributed by atoms with Gasteiger partial charge < -0.3 is 4.90 Å². The summed E-state index contributed by atoms with van der Waals surface area (Å²) in [5.74, 6) is 0.362. The molecule has 1 aliphatic rings. The molecule has 0 N–H and O–H groups in total. The van der Waals surface area contributed by atoms with Crippen LogP contribution >= 0.6 is 0 Å². The van der Waals surface area contributed by atoms with Gasteiger partial charge in [-0.05, 0) is 36.8 Å². The molecule has 1 heterocycles. The molecule has 0 radical (unpaired) electrons. The van der Waals surface area contributed by atoms with E-state index >= 15 is 0 Å². The lowest BCUT2D eigenvalue weighted by atomic mass is 10.1. The Labute approximate surface area is 119 Å². The fourth-order valence-electron chi connectivity index (χ4n) is 2.68. The van der Waals surface area contributed by atoms with Crippen molar-refractivity contribution < 1.29 is 4.79 Å². The Bertz CT molecular complexity index is 496. The number of benzene rings is 1. The van der Waals surface area contributed by atoms with E-state index in [4.69, 9.17) is 5.53 Å². The van der Waals surface area contributed by atoms with Crippen molar-refractivity contribution in [3.05, 3.63) is 46.3 Å². The molecule has 1 aliphatic heterocycles. The third-order valence-electron chi connectivity index (χ3n) is 3.87. The second kappa shape index (κ2) is 6.96. The molecule has 0 saturated carbocycles. The Hall–Kier alpha value is -2.00. The van der Waals surface area contributed by atoms with Crippen LogP contribution in [-0.2, 0) is 11.2 Å². The van der Waals surface area contributed by atoms with Crippen molar-refractivity contribution in [1.82, 2.24) is 4.90 Å². The molecule has 5 heteroatoms. The lowest BCUT2D eigenvalue weighted by molar-refractivity contribution is -0.129. The van der Waals surface area contributed by atoms with E-state index in [2.05, 4.69) is 29.1 Å². The van der Waals surface area contributed by atoms with E-state index in [1.165, 1.54) is 5.56 Å². The number of hydrogen-bond acceptors (Lipinski definition) is 2. The molecule has 2 rings (SSSR count). The largest absolute Gasteiger partial charge is 0.340 e. The monoisotopic (exact) mass is 272 g/mol. The number of aryl methyl sites for hydroxylation is 1. The summed E-state index contributed by atoms with van der Waals surface area (Å²) >= 11 is 0. The average Bonchev–Trinajstić information content (AvgIpc) is 2.85. The molecule has 1 saturated heterocycles. The Balaban J connectivity index is 1.84. The maximum atomic E-state index is 12.0. The smallest absolute Gasteiger partial charge is 0.223 e. The Kier molecular flexibility index (Phi) is 5.02. The first-order valence-corrected chi connectivity index (χ1v) is 7.05. The van der Waals surface area contributed by atoms with Crippen molar-refractivity contribution in [2.45, 2.75) is 32.2 Å². The first-order valence-electron chi connectivity index (χ1n) is 7.05. The van der Waals surface area contributed by atoms with Gasteiger partial charge in [-0.15, -0.1) is 0 Å². The number of likely N-dealkylation sites (tertiary alicyclic amines) is 1. The van der Waals surface area contributed by atoms with E-state index in [1.807, 2.05) is 23.1 Å². The van der Waals surface area contributed by atoms with Crippen LogP contribution < -0.4 is 0 Å². The van der Waals surface area contributed by atoms with Crippen LogP contribution in [0.25, 0.3) is 10.4 Å². The van der Waals surface area contributed by atoms with Crippen molar-refractivity contribution in [3.8, 4) is 0 Å². The Morgan fingerprint density at radius 1 is 1.45 bits per heavy atom. The molecule has 1 fully saturated rings. The number of azide groups is 1. The zero-order valence-electron chi connectivity index (χ0n) is 11.8. The number of nitrogens with zero attached hydrogens (tertiary/aromatic N) is 4. The van der Waals surface area contributed by atoms with Crippen LogP contribution in [0.5, 0.6) is 0 Å². The summed E-state index contributed by atoms with van der Waals surface area (Å²) in [5.41, 5.74) is 9.64. The molecule has 1 aromatic rings. The van der Waals surface area contributed by atoms with Crippen LogP contribution in [0.4, 0.5) is 0 Å². The second-order valence-electron chi connectivity index (χ2n) is 5.40. The van der Waals surface area contributed by atoms with Gasteiger partial charge in [-0.1, -0.05) is 35.4 Å². The minimum absolute atomic E-state index is 0.178. The summed E-state index contributed by atoms with van der Waals surface area (Å²) in [5, 5.41) is 3.58. The molecule has 0 bridgehead atoms. The third-order valence-corrected chi connectivity index (χ3v) is 3.87. The quantitative estimate of drug-likeness (QED) is 0.445. The predicted octanol–water partition coefficient (Wildman–Crippen LogP) is 3.17. The number of hydrogen-bond donors (Lipinski definition) is 0. The molecule has 1 amide bonds. The van der Waals surface area contributed by atoms with Gasteiger partial charge in [0.1, 0.15) is 0 Å². The molecule has 106 valence electrons. The van der Waals surface area contributed by atoms with Gasteiger partial charge in [-0.3, -0.25) is 4.79 Å². The Morgan fingerprint density at radius 2 is 2.20 bits per heavy atom. The summed E-state index contributed by atoms with van der Waals surface area (Å²) in [7, 11) is 0. The highest BCUT2D eigenvalue weighted by Gasteiger charge is 2.31. The van der Waals surface area contributed by atoms with Gasteiger partial charge in [-0.2, -0.15) is 0 Å². The third kappa shape index (κ3) is 3.75. The first-order chi connectivity index (χ1) is 9.70. The van der Waals surface area contributed by atoms with Crippen LogP contribution in [0.15, 0.2) is 35.4 Å². The Morgan fingerprint density at radius 3 is 2.90 bits per heavy atom. The van der Waals surface area contributed by atoms with Crippen LogP contribution in [0, 0.1) is 5.92 Å². The fourth-order valence-corrected chi connectivity index (χ4v) is 2.68. The lowest BCUT2D eigenvalue weighted by Crippen LogP contribution is -2.34. The van der Waals surface area contributed by atoms with Crippen molar-refractivity contribution in [2.75, 3.05) is 13.1 Å². The molecular formula is C15H20N4O. The van der Waals surface area contributed by atoms with E-state index in [0.717, 1.165) is 12.8 Å². The molecule has 0 aliphatic carbocycles. The average molecular weight is 272 g/mol. The summed E-state index contributed by atoms with van der Waals surface area (Å²) in [6.45, 7) is 3.23. The first kappa shape index (κ1) is 14.4. The highest BCUT2D eigenvalue weighted by Crippen LogP contribution is 2.22. The van der Waals surface area contributed by atoms with E-state index in [9.17, 15) is 4.79 Å². The van der Waals surface area contributed by atoms with Gasteiger partial charge in [0.15, 0.2) is 0 Å². The molecule has 2 unspecified atom stereocenters. The molecule has 0 aromatic heterocycles. The molecule has 5 nitrogen and oxygen atoms in total. The van der Waals surface area contributed by atoms with Crippen LogP contribution in [-0.4, -0.2) is 29.9 Å². The van der Waals surface area contributed by atoms with Crippen molar-refractivity contribution in [3.63, 3.8) is 0 Å². The van der Waals surface area contributed by atoms with E-state index in [0.29, 0.717) is 19.5 Å². The maximum absolute atomic E-state index is 12.0. The van der Waals surface area contributed by atoms with Gasteiger partial charge in [0, 0.05) is 30.5 Å². The van der Waals surface area contributed by atoms with Gasteiger partial charge in [0.25, 0.3) is 0 Å². The lowest BCUT2D eigenvalue weighted by Gasteiger charge is -2.24. The van der Waals surface area contributed by atoms with Crippen molar-refractivity contribution in [2.24, 2.45) is 11.0 Å². The van der Waals surface area contributed by atoms with E-state index < -0.39 is 0 Å². The zero-order valence-corrected chi connectivity index (χ0v) is 11.8. The van der Waals surface area contributed by atoms with Crippen LogP contribution in [0.2, 0.25) is 0 Å². The van der Waals surface area contributed by atoms with Gasteiger partial charge in [-0.25, -0.2) is 0 Å². The zero-order chi connectivity index (χ0) is 14.4. The molecule has 0 spiro atoms. The minimum Gasteiger partial charge on any atom is -0.340 e. The normalized spacial score (nSPS) is 19.8. The summed E-state index contributed by atoms with van der Waals surface area (Å²) in [6, 6.07) is 10.6. The maximum Gasteiger partial charge on any atom is 0.223 e. The number of rotatable bonds is 6. The van der Waals surface area contributed by atoms with Crippen molar-refractivity contribution >= 4 is 5.91 Å². The summed E-state index contributed by atoms with van der Waals surface area (Å²) < 4.78 is 0. The van der Waals surface area contributed by atoms with Crippen LogP contribution in [0.1, 0.15) is 25.3 Å². The highest BCUT2D eigenvalue weighted by atomic mass is 16.2. The van der Waals surface area contributed by atoms with Crippen molar-refractivity contribution in [1.29, 1.82) is 0 Å². The fraction of sp³-hybridized carbons (Fsp3) is 0.533. The van der Waals surface area contributed by atoms with Crippen LogP contribution in [0.3, 0.4) is 0 Å². The molecule has 20 heavy (non-hydrogen) atoms. The number of carbonyl (C=O) groups excluding carboxylic acids is 1. The topological polar surface area (TPSA) is 69.1 Å². The minimum atomic E-state index is 0.178. The SMILES string of the molecule is CC(CCc1ccccc1)N1CC(CN=[N+]=[N-])CC1=O. The van der Waals surface area contributed by atoms with E-state index in [1.54, 1.807) is 0 Å². The summed E-state index contributed by atoms with van der Waals surface area (Å²) in [4.78, 5) is 16.7. The number of carbonyl (C=O) groups is 1. The van der Waals surface area contributed by atoms with Gasteiger partial charge in [0.2, 0.25) is 5.91 Å². The molecule has 1 aromatic carbocycles. The summed E-state index contributed by atoms with van der Waals surface area (Å²) in [6.07, 6.45) is 2.45. The second-order valence-corrected chi connectivity index (χ2v) is 5.40. The number of amides is 1.